The van der Waals surface area contributed by atoms with Crippen LogP contribution in [0, 0.1) is 0 Å². The van der Waals surface area contributed by atoms with Gasteiger partial charge in [0.05, 0.1) is 18.0 Å². The third-order valence-electron chi connectivity index (χ3n) is 6.14. The molecule has 4 aromatic rings. The van der Waals surface area contributed by atoms with Crippen LogP contribution in [0.3, 0.4) is 0 Å². The first-order valence-electron chi connectivity index (χ1n) is 13.3. The Balaban J connectivity index is 1.51. The first-order valence-corrected chi connectivity index (χ1v) is 15.0. The van der Waals surface area contributed by atoms with Gasteiger partial charge in [-0.3, -0.25) is 14.4 Å². The lowest BCUT2D eigenvalue weighted by molar-refractivity contribution is -0.116. The Morgan fingerprint density at radius 1 is 0.860 bits per heavy atom. The molecule has 0 spiro atoms. The average molecular weight is 635 g/mol. The molecule has 0 fully saturated rings. The maximum atomic E-state index is 13.4. The quantitative estimate of drug-likeness (QED) is 0.115. The number of ether oxygens (including phenoxy) is 1. The van der Waals surface area contributed by atoms with Crippen LogP contribution in [0.25, 0.3) is 6.08 Å². The molecule has 0 aliphatic carbocycles. The molecule has 1 unspecified atom stereocenters. The van der Waals surface area contributed by atoms with Crippen LogP contribution in [-0.2, 0) is 9.59 Å². The minimum Gasteiger partial charge on any atom is -0.495 e. The third kappa shape index (κ3) is 9.12. The van der Waals surface area contributed by atoms with Gasteiger partial charge in [0, 0.05) is 26.2 Å². The molecule has 0 saturated heterocycles. The lowest BCUT2D eigenvalue weighted by Crippen LogP contribution is -2.30. The number of anilines is 2. The van der Waals surface area contributed by atoms with Crippen molar-refractivity contribution in [2.45, 2.75) is 23.5 Å². The van der Waals surface area contributed by atoms with Gasteiger partial charge in [0.15, 0.2) is 0 Å². The molecular formula is C33H29Cl2N3O4S. The summed E-state index contributed by atoms with van der Waals surface area (Å²) in [6, 6.07) is 27.7. The molecular weight excluding hydrogens is 605 g/mol. The molecule has 0 aliphatic rings. The number of thioether (sulfide) groups is 1. The Hall–Kier alpha value is -4.24. The van der Waals surface area contributed by atoms with Crippen LogP contribution in [0.5, 0.6) is 5.75 Å². The molecule has 0 aromatic heterocycles. The molecule has 220 valence electrons. The Kier molecular flexibility index (Phi) is 11.3. The summed E-state index contributed by atoms with van der Waals surface area (Å²) in [6.07, 6.45) is 2.11. The lowest BCUT2D eigenvalue weighted by Gasteiger charge is -2.17. The molecule has 3 N–H and O–H groups in total. The van der Waals surface area contributed by atoms with Crippen LogP contribution < -0.4 is 20.7 Å². The monoisotopic (exact) mass is 633 g/mol. The van der Waals surface area contributed by atoms with E-state index in [9.17, 15) is 14.4 Å². The second-order valence-corrected chi connectivity index (χ2v) is 11.4. The second-order valence-electron chi connectivity index (χ2n) is 9.26. The molecule has 10 heteroatoms. The van der Waals surface area contributed by atoms with E-state index in [1.807, 2.05) is 13.0 Å². The smallest absolute Gasteiger partial charge is 0.272 e. The van der Waals surface area contributed by atoms with Crippen LogP contribution in [0.15, 0.2) is 108 Å². The summed E-state index contributed by atoms with van der Waals surface area (Å²) in [4.78, 5) is 40.3. The normalized spacial score (nSPS) is 11.8. The summed E-state index contributed by atoms with van der Waals surface area (Å²) in [7, 11) is 1.52. The van der Waals surface area contributed by atoms with Gasteiger partial charge in [0.1, 0.15) is 11.4 Å². The Morgan fingerprint density at radius 3 is 2.33 bits per heavy atom. The molecule has 0 radical (unpaired) electrons. The number of amides is 3. The summed E-state index contributed by atoms with van der Waals surface area (Å²) in [5.74, 6) is -0.660. The number of methoxy groups -OCH3 is 1. The van der Waals surface area contributed by atoms with Crippen molar-refractivity contribution < 1.29 is 19.1 Å². The van der Waals surface area contributed by atoms with Crippen molar-refractivity contribution in [3.05, 3.63) is 124 Å². The predicted molar refractivity (Wildman–Crippen MR) is 175 cm³/mol. The van der Waals surface area contributed by atoms with Gasteiger partial charge in [-0.25, -0.2) is 0 Å². The summed E-state index contributed by atoms with van der Waals surface area (Å²) in [5.41, 5.74) is 2.06. The van der Waals surface area contributed by atoms with E-state index >= 15 is 0 Å². The highest BCUT2D eigenvalue weighted by molar-refractivity contribution is 8.00. The van der Waals surface area contributed by atoms with Crippen molar-refractivity contribution in [2.24, 2.45) is 0 Å². The Bertz CT molecular complexity index is 1650. The number of hydrogen-bond acceptors (Lipinski definition) is 5. The first kappa shape index (κ1) is 31.7. The predicted octanol–water partition coefficient (Wildman–Crippen LogP) is 7.92. The summed E-state index contributed by atoms with van der Waals surface area (Å²) in [5, 5.41) is 9.01. The number of rotatable bonds is 11. The standard InChI is InChI=1S/C33H29Cl2N3O4S/c1-3-30(33(41)37-27-19-24(35)15-16-29(27)42-2)43-26-14-8-13-25(20-26)36-32(40)28(18-21-9-7-12-23(34)17-21)38-31(39)22-10-5-4-6-11-22/h4-20,30H,3H2,1-2H3,(H,36,40)(H,37,41)(H,38,39)/b28-18-. The van der Waals surface area contributed by atoms with E-state index in [4.69, 9.17) is 27.9 Å². The number of hydrogen-bond donors (Lipinski definition) is 3. The van der Waals surface area contributed by atoms with Crippen LogP contribution >= 0.6 is 35.0 Å². The van der Waals surface area contributed by atoms with Crippen LogP contribution in [0.4, 0.5) is 11.4 Å². The minimum atomic E-state index is -0.524. The van der Waals surface area contributed by atoms with Crippen LogP contribution in [0.1, 0.15) is 29.3 Å². The summed E-state index contributed by atoms with van der Waals surface area (Å²) < 4.78 is 5.34. The number of halogens is 2. The van der Waals surface area contributed by atoms with Gasteiger partial charge in [-0.15, -0.1) is 11.8 Å². The summed E-state index contributed by atoms with van der Waals surface area (Å²) >= 11 is 13.6. The van der Waals surface area contributed by atoms with E-state index in [2.05, 4.69) is 16.0 Å². The SMILES string of the molecule is CCC(Sc1cccc(NC(=O)/C(=C/c2cccc(Cl)c2)NC(=O)c2ccccc2)c1)C(=O)Nc1cc(Cl)ccc1OC. The van der Waals surface area contributed by atoms with Gasteiger partial charge in [0.2, 0.25) is 5.91 Å². The Labute approximate surface area is 264 Å². The van der Waals surface area contributed by atoms with Crippen molar-refractivity contribution in [2.75, 3.05) is 17.7 Å². The van der Waals surface area contributed by atoms with Crippen molar-refractivity contribution >= 4 is 70.1 Å². The van der Waals surface area contributed by atoms with Gasteiger partial charge in [-0.05, 0) is 78.7 Å². The van der Waals surface area contributed by atoms with E-state index in [0.717, 1.165) is 4.90 Å². The van der Waals surface area contributed by atoms with Crippen molar-refractivity contribution in [3.63, 3.8) is 0 Å². The largest absolute Gasteiger partial charge is 0.495 e. The van der Waals surface area contributed by atoms with Crippen molar-refractivity contribution in [1.82, 2.24) is 5.32 Å². The van der Waals surface area contributed by atoms with E-state index in [1.54, 1.807) is 97.1 Å². The van der Waals surface area contributed by atoms with Crippen molar-refractivity contribution in [3.8, 4) is 5.75 Å². The van der Waals surface area contributed by atoms with Gasteiger partial charge in [-0.2, -0.15) is 0 Å². The van der Waals surface area contributed by atoms with Gasteiger partial charge >= 0.3 is 0 Å². The van der Waals surface area contributed by atoms with E-state index < -0.39 is 17.1 Å². The zero-order valence-corrected chi connectivity index (χ0v) is 25.7. The molecule has 4 aromatic carbocycles. The fourth-order valence-corrected chi connectivity index (χ4v) is 5.41. The molecule has 43 heavy (non-hydrogen) atoms. The Morgan fingerprint density at radius 2 is 1.60 bits per heavy atom. The van der Waals surface area contributed by atoms with Crippen LogP contribution in [0.2, 0.25) is 10.0 Å². The summed E-state index contributed by atoms with van der Waals surface area (Å²) in [6.45, 7) is 1.92. The highest BCUT2D eigenvalue weighted by Crippen LogP contribution is 2.32. The van der Waals surface area contributed by atoms with E-state index in [-0.39, 0.29) is 11.6 Å². The fraction of sp³-hybridized carbons (Fsp3) is 0.121. The molecule has 7 nitrogen and oxygen atoms in total. The molecule has 0 bridgehead atoms. The molecule has 0 heterocycles. The van der Waals surface area contributed by atoms with E-state index in [1.165, 1.54) is 18.9 Å². The maximum absolute atomic E-state index is 13.4. The third-order valence-corrected chi connectivity index (χ3v) is 7.97. The number of nitrogens with one attached hydrogen (secondary N) is 3. The van der Waals surface area contributed by atoms with Gasteiger partial charge in [0.25, 0.3) is 11.8 Å². The number of benzene rings is 4. The number of carbonyl (C=O) groups excluding carboxylic acids is 3. The maximum Gasteiger partial charge on any atom is 0.272 e. The lowest BCUT2D eigenvalue weighted by atomic mass is 10.1. The van der Waals surface area contributed by atoms with Gasteiger partial charge < -0.3 is 20.7 Å². The minimum absolute atomic E-state index is 0.0375. The first-order chi connectivity index (χ1) is 20.7. The second kappa shape index (κ2) is 15.3. The molecule has 3 amide bonds. The van der Waals surface area contributed by atoms with Crippen LogP contribution in [-0.4, -0.2) is 30.1 Å². The van der Waals surface area contributed by atoms with E-state index in [0.29, 0.717) is 44.7 Å². The zero-order valence-electron chi connectivity index (χ0n) is 23.4. The van der Waals surface area contributed by atoms with Crippen molar-refractivity contribution in [1.29, 1.82) is 0 Å². The number of carbonyl (C=O) groups is 3. The topological polar surface area (TPSA) is 96.5 Å². The zero-order chi connectivity index (χ0) is 30.8. The molecule has 0 aliphatic heterocycles. The highest BCUT2D eigenvalue weighted by atomic mass is 35.5. The fourth-order valence-electron chi connectivity index (χ4n) is 4.03. The molecule has 0 saturated carbocycles. The molecule has 1 atom stereocenters. The molecule has 4 rings (SSSR count). The average Bonchev–Trinajstić information content (AvgIpc) is 3.00. The highest BCUT2D eigenvalue weighted by Gasteiger charge is 2.21. The van der Waals surface area contributed by atoms with Gasteiger partial charge in [-0.1, -0.05) is 66.5 Å².